The van der Waals surface area contributed by atoms with Crippen molar-refractivity contribution in [1.29, 1.82) is 0 Å². The molecule has 2 aromatic heterocycles. The van der Waals surface area contributed by atoms with Crippen LogP contribution in [0.3, 0.4) is 0 Å². The molecule has 0 bridgehead atoms. The van der Waals surface area contributed by atoms with Crippen LogP contribution in [0.5, 0.6) is 0 Å². The number of anilines is 1. The molecule has 0 atom stereocenters. The van der Waals surface area contributed by atoms with Gasteiger partial charge in [0.2, 0.25) is 0 Å². The first-order valence-corrected chi connectivity index (χ1v) is 10.7. The predicted molar refractivity (Wildman–Crippen MR) is 112 cm³/mol. The van der Waals surface area contributed by atoms with Crippen molar-refractivity contribution in [3.63, 3.8) is 0 Å². The molecule has 160 valence electrons. The van der Waals surface area contributed by atoms with Crippen LogP contribution < -0.4 is 5.32 Å². The van der Waals surface area contributed by atoms with E-state index >= 15 is 0 Å². The van der Waals surface area contributed by atoms with Crippen LogP contribution in [0.4, 0.5) is 18.9 Å². The van der Waals surface area contributed by atoms with E-state index < -0.39 is 12.1 Å². The van der Waals surface area contributed by atoms with Gasteiger partial charge in [-0.05, 0) is 48.6 Å². The fourth-order valence-electron chi connectivity index (χ4n) is 3.98. The number of benzene rings is 1. The Hall–Kier alpha value is -3.01. The van der Waals surface area contributed by atoms with Gasteiger partial charge in [-0.15, -0.1) is 0 Å². The van der Waals surface area contributed by atoms with Crippen molar-refractivity contribution in [2.45, 2.75) is 25.6 Å². The second kappa shape index (κ2) is 7.60. The number of hydrogen-bond acceptors (Lipinski definition) is 6. The summed E-state index contributed by atoms with van der Waals surface area (Å²) in [6.45, 7) is 0.764. The van der Waals surface area contributed by atoms with Crippen LogP contribution in [0.2, 0.25) is 0 Å². The molecule has 0 saturated carbocycles. The van der Waals surface area contributed by atoms with Crippen molar-refractivity contribution in [2.75, 3.05) is 18.4 Å². The van der Waals surface area contributed by atoms with Gasteiger partial charge in [-0.1, -0.05) is 6.07 Å². The lowest BCUT2D eigenvalue weighted by molar-refractivity contribution is -0.183. The molecule has 2 aliphatic rings. The molecule has 10 heteroatoms. The number of hydrogen-bond donors (Lipinski definition) is 1. The number of carbonyl (C=O) groups excluding carboxylic acids is 1. The molecule has 1 amide bonds. The third kappa shape index (κ3) is 3.76. The number of aromatic nitrogens is 2. The fraction of sp³-hybridized carbons (Fsp3) is 0.333. The Morgan fingerprint density at radius 3 is 2.77 bits per heavy atom. The summed E-state index contributed by atoms with van der Waals surface area (Å²) in [5.74, 6) is -0.954. The van der Waals surface area contributed by atoms with Crippen LogP contribution in [0, 0.1) is 5.92 Å². The summed E-state index contributed by atoms with van der Waals surface area (Å²) in [7, 11) is 0. The largest absolute Gasteiger partial charge is 0.391 e. The Kier molecular flexibility index (Phi) is 4.88. The highest BCUT2D eigenvalue weighted by atomic mass is 32.1. The second-order valence-corrected chi connectivity index (χ2v) is 8.46. The number of rotatable bonds is 2. The van der Waals surface area contributed by atoms with E-state index in [0.29, 0.717) is 23.5 Å². The van der Waals surface area contributed by atoms with E-state index in [9.17, 15) is 18.0 Å². The number of halogens is 3. The summed E-state index contributed by atoms with van der Waals surface area (Å²) in [4.78, 5) is 23.2. The SMILES string of the molecule is O=C(c1nsc2cc(NC3=NCc4cccnc43)ccc12)N1CCC(C(F)(F)F)CC1. The third-order valence-corrected chi connectivity index (χ3v) is 6.51. The number of piperidine rings is 1. The van der Waals surface area contributed by atoms with Crippen LogP contribution in [0.1, 0.15) is 34.6 Å². The van der Waals surface area contributed by atoms with Gasteiger partial charge in [0.25, 0.3) is 5.91 Å². The average molecular weight is 445 g/mol. The lowest BCUT2D eigenvalue weighted by Crippen LogP contribution is -2.42. The summed E-state index contributed by atoms with van der Waals surface area (Å²) in [6, 6.07) is 9.41. The maximum atomic E-state index is 12.9. The Morgan fingerprint density at radius 1 is 1.19 bits per heavy atom. The molecule has 3 aromatic rings. The van der Waals surface area contributed by atoms with Crippen molar-refractivity contribution in [2.24, 2.45) is 10.9 Å². The zero-order valence-corrected chi connectivity index (χ0v) is 17.1. The molecule has 1 fully saturated rings. The number of carbonyl (C=O) groups is 1. The van der Waals surface area contributed by atoms with E-state index in [2.05, 4.69) is 19.7 Å². The number of amides is 1. The number of amidine groups is 1. The van der Waals surface area contributed by atoms with Crippen LogP contribution in [0.25, 0.3) is 10.1 Å². The Labute approximate surface area is 180 Å². The number of aliphatic imine (C=N–C) groups is 1. The maximum Gasteiger partial charge on any atom is 0.391 e. The van der Waals surface area contributed by atoms with Gasteiger partial charge < -0.3 is 10.2 Å². The Morgan fingerprint density at radius 2 is 2.00 bits per heavy atom. The molecule has 0 radical (unpaired) electrons. The molecule has 1 aromatic carbocycles. The number of nitrogens with one attached hydrogen (secondary N) is 1. The van der Waals surface area contributed by atoms with Gasteiger partial charge in [-0.25, -0.2) is 0 Å². The number of pyridine rings is 1. The standard InChI is InChI=1S/C21H18F3N5OS/c22-21(23,24)13-5-8-29(9-6-13)20(30)18-15-4-3-14(10-16(15)31-28-18)27-19-17-12(11-26-19)2-1-7-25-17/h1-4,7,10,13H,5-6,8-9,11H2,(H,26,27). The highest BCUT2D eigenvalue weighted by Gasteiger charge is 2.42. The van der Waals surface area contributed by atoms with E-state index in [1.807, 2.05) is 30.3 Å². The molecule has 31 heavy (non-hydrogen) atoms. The number of alkyl halides is 3. The molecule has 4 heterocycles. The minimum absolute atomic E-state index is 0.0665. The molecule has 6 nitrogen and oxygen atoms in total. The smallest absolute Gasteiger partial charge is 0.339 e. The van der Waals surface area contributed by atoms with Crippen molar-refractivity contribution in [3.8, 4) is 0 Å². The third-order valence-electron chi connectivity index (χ3n) is 5.71. The summed E-state index contributed by atoms with van der Waals surface area (Å²) in [5.41, 5.74) is 2.98. The van der Waals surface area contributed by atoms with Crippen LogP contribution in [-0.4, -0.2) is 45.3 Å². The minimum atomic E-state index is -4.20. The van der Waals surface area contributed by atoms with Gasteiger partial charge in [0, 0.05) is 35.9 Å². The molecule has 5 rings (SSSR count). The van der Waals surface area contributed by atoms with Crippen LogP contribution in [0.15, 0.2) is 41.5 Å². The van der Waals surface area contributed by atoms with Gasteiger partial charge in [-0.2, -0.15) is 17.5 Å². The van der Waals surface area contributed by atoms with Crippen LogP contribution in [-0.2, 0) is 6.54 Å². The van der Waals surface area contributed by atoms with Gasteiger partial charge in [0.05, 0.1) is 17.2 Å². The van der Waals surface area contributed by atoms with E-state index in [-0.39, 0.29) is 31.8 Å². The van der Waals surface area contributed by atoms with Gasteiger partial charge >= 0.3 is 6.18 Å². The van der Waals surface area contributed by atoms with Crippen molar-refractivity contribution in [3.05, 3.63) is 53.5 Å². The zero-order chi connectivity index (χ0) is 21.6. The quantitative estimate of drug-likeness (QED) is 0.632. The molecule has 1 saturated heterocycles. The van der Waals surface area contributed by atoms with Crippen molar-refractivity contribution >= 4 is 39.0 Å². The lowest BCUT2D eigenvalue weighted by Gasteiger charge is -2.32. The molecule has 0 aliphatic carbocycles. The van der Waals surface area contributed by atoms with E-state index in [1.165, 1.54) is 16.4 Å². The molecular weight excluding hydrogens is 427 g/mol. The summed E-state index contributed by atoms with van der Waals surface area (Å²) in [6.07, 6.45) is -2.61. The monoisotopic (exact) mass is 445 g/mol. The minimum Gasteiger partial charge on any atom is -0.339 e. The highest BCUT2D eigenvalue weighted by molar-refractivity contribution is 7.13. The van der Waals surface area contributed by atoms with E-state index in [4.69, 9.17) is 0 Å². The topological polar surface area (TPSA) is 70.5 Å². The first-order chi connectivity index (χ1) is 14.9. The molecular formula is C21H18F3N5OS. The van der Waals surface area contributed by atoms with Crippen molar-refractivity contribution in [1.82, 2.24) is 14.3 Å². The summed E-state index contributed by atoms with van der Waals surface area (Å²) in [5, 5.41) is 3.97. The number of likely N-dealkylation sites (tertiary alicyclic amines) is 1. The second-order valence-electron chi connectivity index (χ2n) is 7.65. The normalized spacial score (nSPS) is 17.0. The Balaban J connectivity index is 1.32. The first kappa shape index (κ1) is 19.9. The predicted octanol–water partition coefficient (Wildman–Crippen LogP) is 4.48. The van der Waals surface area contributed by atoms with Gasteiger partial charge in [0.1, 0.15) is 11.4 Å². The molecule has 2 aliphatic heterocycles. The highest BCUT2D eigenvalue weighted by Crippen LogP contribution is 2.35. The zero-order valence-electron chi connectivity index (χ0n) is 16.3. The lowest BCUT2D eigenvalue weighted by atomic mass is 9.96. The summed E-state index contributed by atoms with van der Waals surface area (Å²) < 4.78 is 43.8. The maximum absolute atomic E-state index is 12.9. The first-order valence-electron chi connectivity index (χ1n) is 9.91. The van der Waals surface area contributed by atoms with Gasteiger partial charge in [-0.3, -0.25) is 14.8 Å². The molecule has 1 N–H and O–H groups in total. The van der Waals surface area contributed by atoms with E-state index in [1.54, 1.807) is 6.20 Å². The molecule has 0 spiro atoms. The van der Waals surface area contributed by atoms with Crippen LogP contribution >= 0.6 is 11.5 Å². The van der Waals surface area contributed by atoms with E-state index in [0.717, 1.165) is 21.6 Å². The van der Waals surface area contributed by atoms with Crippen molar-refractivity contribution < 1.29 is 18.0 Å². The summed E-state index contributed by atoms with van der Waals surface area (Å²) >= 11 is 1.20. The number of fused-ring (bicyclic) bond motifs is 2. The number of nitrogens with zero attached hydrogens (tertiary/aromatic N) is 4. The fourth-order valence-corrected chi connectivity index (χ4v) is 4.79. The Bertz CT molecular complexity index is 1180. The average Bonchev–Trinajstić information content (AvgIpc) is 3.37. The molecule has 0 unspecified atom stereocenters. The van der Waals surface area contributed by atoms with Gasteiger partial charge in [0.15, 0.2) is 5.84 Å².